The van der Waals surface area contributed by atoms with Crippen LogP contribution in [0.2, 0.25) is 0 Å². The third kappa shape index (κ3) is 3.10. The van der Waals surface area contributed by atoms with E-state index in [9.17, 15) is 0 Å². The van der Waals surface area contributed by atoms with Crippen LogP contribution in [0.15, 0.2) is 18.2 Å². The number of hydrogen-bond donors (Lipinski definition) is 1. The van der Waals surface area contributed by atoms with Crippen molar-refractivity contribution in [2.75, 3.05) is 13.1 Å². The zero-order valence-corrected chi connectivity index (χ0v) is 11.4. The van der Waals surface area contributed by atoms with Crippen molar-refractivity contribution < 1.29 is 0 Å². The van der Waals surface area contributed by atoms with Crippen molar-refractivity contribution in [3.63, 3.8) is 0 Å². The van der Waals surface area contributed by atoms with Gasteiger partial charge in [0, 0.05) is 0 Å². The summed E-state index contributed by atoms with van der Waals surface area (Å²) in [5.74, 6) is 1.83. The van der Waals surface area contributed by atoms with Gasteiger partial charge in [0.1, 0.15) is 0 Å². The van der Waals surface area contributed by atoms with Crippen LogP contribution in [0, 0.1) is 25.7 Å². The van der Waals surface area contributed by atoms with E-state index in [1.807, 2.05) is 0 Å². The number of aryl methyl sites for hydroxylation is 2. The molecule has 2 rings (SSSR count). The fourth-order valence-corrected chi connectivity index (χ4v) is 2.74. The largest absolute Gasteiger partial charge is 0.317 e. The van der Waals surface area contributed by atoms with Gasteiger partial charge < -0.3 is 5.32 Å². The molecule has 1 heteroatoms. The second-order valence-corrected chi connectivity index (χ2v) is 5.53. The van der Waals surface area contributed by atoms with Crippen molar-refractivity contribution in [3.8, 4) is 0 Å². The summed E-state index contributed by atoms with van der Waals surface area (Å²) >= 11 is 0. The molecule has 0 aliphatic heterocycles. The van der Waals surface area contributed by atoms with E-state index in [4.69, 9.17) is 0 Å². The third-order valence-corrected chi connectivity index (χ3v) is 4.30. The highest BCUT2D eigenvalue weighted by atomic mass is 14.9. The maximum absolute atomic E-state index is 3.49. The van der Waals surface area contributed by atoms with Crippen LogP contribution in [-0.4, -0.2) is 13.1 Å². The first-order valence-corrected chi connectivity index (χ1v) is 6.97. The fraction of sp³-hybridized carbons (Fsp3) is 0.625. The van der Waals surface area contributed by atoms with Gasteiger partial charge in [0.15, 0.2) is 0 Å². The summed E-state index contributed by atoms with van der Waals surface area (Å²) in [6, 6.07) is 6.95. The molecule has 0 heterocycles. The molecule has 2 atom stereocenters. The standard InChI is InChI=1S/C16H25N/c1-4-17-11-16-8-7-15(16)10-14-6-5-12(2)13(3)9-14/h5-6,9,15-17H,4,7-8,10-11H2,1-3H3. The molecule has 0 spiro atoms. The molecule has 1 aliphatic carbocycles. The first-order valence-electron chi connectivity index (χ1n) is 6.97. The smallest absolute Gasteiger partial charge is 0.00179 e. The zero-order valence-electron chi connectivity index (χ0n) is 11.4. The molecule has 0 saturated heterocycles. The fourth-order valence-electron chi connectivity index (χ4n) is 2.74. The Kier molecular flexibility index (Phi) is 4.22. The molecule has 1 aliphatic rings. The van der Waals surface area contributed by atoms with E-state index in [0.717, 1.165) is 18.4 Å². The Bertz CT molecular complexity index is 370. The van der Waals surface area contributed by atoms with Crippen LogP contribution in [0.5, 0.6) is 0 Å². The molecule has 0 aromatic heterocycles. The number of benzene rings is 1. The first kappa shape index (κ1) is 12.6. The molecule has 0 radical (unpaired) electrons. The van der Waals surface area contributed by atoms with Crippen LogP contribution in [-0.2, 0) is 6.42 Å². The summed E-state index contributed by atoms with van der Waals surface area (Å²) in [6.07, 6.45) is 4.11. The average molecular weight is 231 g/mol. The quantitative estimate of drug-likeness (QED) is 0.818. The Hall–Kier alpha value is -0.820. The van der Waals surface area contributed by atoms with E-state index < -0.39 is 0 Å². The molecule has 0 bridgehead atoms. The monoisotopic (exact) mass is 231 g/mol. The highest BCUT2D eigenvalue weighted by molar-refractivity contribution is 5.30. The molecule has 17 heavy (non-hydrogen) atoms. The molecule has 2 unspecified atom stereocenters. The second-order valence-electron chi connectivity index (χ2n) is 5.53. The Labute approximate surface area is 106 Å². The minimum absolute atomic E-state index is 0.913. The Morgan fingerprint density at radius 2 is 1.88 bits per heavy atom. The minimum Gasteiger partial charge on any atom is -0.317 e. The van der Waals surface area contributed by atoms with Gasteiger partial charge in [-0.25, -0.2) is 0 Å². The third-order valence-electron chi connectivity index (χ3n) is 4.30. The van der Waals surface area contributed by atoms with Crippen molar-refractivity contribution in [3.05, 3.63) is 34.9 Å². The Morgan fingerprint density at radius 1 is 1.12 bits per heavy atom. The van der Waals surface area contributed by atoms with Crippen LogP contribution in [0.25, 0.3) is 0 Å². The molecular formula is C16H25N. The predicted octanol–water partition coefficient (Wildman–Crippen LogP) is 3.48. The lowest BCUT2D eigenvalue weighted by molar-refractivity contribution is 0.172. The van der Waals surface area contributed by atoms with Crippen molar-refractivity contribution in [2.45, 2.75) is 40.0 Å². The van der Waals surface area contributed by atoms with Crippen LogP contribution in [0.4, 0.5) is 0 Å². The lowest BCUT2D eigenvalue weighted by Gasteiger charge is -2.37. The van der Waals surface area contributed by atoms with E-state index in [2.05, 4.69) is 44.3 Å². The van der Waals surface area contributed by atoms with Gasteiger partial charge in [-0.1, -0.05) is 25.1 Å². The SMILES string of the molecule is CCNCC1CCC1Cc1ccc(C)c(C)c1. The Balaban J connectivity index is 1.90. The Morgan fingerprint density at radius 3 is 2.47 bits per heavy atom. The maximum atomic E-state index is 3.49. The summed E-state index contributed by atoms with van der Waals surface area (Å²) < 4.78 is 0. The molecule has 1 N–H and O–H groups in total. The normalized spacial score (nSPS) is 23.5. The lowest BCUT2D eigenvalue weighted by atomic mass is 9.70. The highest BCUT2D eigenvalue weighted by Gasteiger charge is 2.29. The molecule has 0 amide bonds. The summed E-state index contributed by atoms with van der Waals surface area (Å²) in [7, 11) is 0. The molecule has 1 nitrogen and oxygen atoms in total. The minimum atomic E-state index is 0.913. The van der Waals surface area contributed by atoms with Crippen LogP contribution < -0.4 is 5.32 Å². The van der Waals surface area contributed by atoms with Crippen molar-refractivity contribution in [1.82, 2.24) is 5.32 Å². The summed E-state index contributed by atoms with van der Waals surface area (Å²) in [5.41, 5.74) is 4.37. The number of rotatable bonds is 5. The molecule has 1 saturated carbocycles. The topological polar surface area (TPSA) is 12.0 Å². The molecular weight excluding hydrogens is 206 g/mol. The van der Waals surface area contributed by atoms with Crippen LogP contribution >= 0.6 is 0 Å². The van der Waals surface area contributed by atoms with Gasteiger partial charge in [-0.05, 0) is 74.7 Å². The van der Waals surface area contributed by atoms with Crippen molar-refractivity contribution in [1.29, 1.82) is 0 Å². The van der Waals surface area contributed by atoms with E-state index in [-0.39, 0.29) is 0 Å². The summed E-state index contributed by atoms with van der Waals surface area (Å²) in [6.45, 7) is 8.92. The average Bonchev–Trinajstić information content (AvgIpc) is 2.29. The van der Waals surface area contributed by atoms with Gasteiger partial charge >= 0.3 is 0 Å². The van der Waals surface area contributed by atoms with Crippen LogP contribution in [0.3, 0.4) is 0 Å². The number of hydrogen-bond acceptors (Lipinski definition) is 1. The van der Waals surface area contributed by atoms with E-state index in [1.165, 1.54) is 42.5 Å². The molecule has 1 aromatic rings. The van der Waals surface area contributed by atoms with Crippen molar-refractivity contribution in [2.24, 2.45) is 11.8 Å². The maximum Gasteiger partial charge on any atom is -0.00179 e. The van der Waals surface area contributed by atoms with Gasteiger partial charge in [0.05, 0.1) is 0 Å². The first-order chi connectivity index (χ1) is 8.20. The van der Waals surface area contributed by atoms with Gasteiger partial charge in [0.25, 0.3) is 0 Å². The van der Waals surface area contributed by atoms with Gasteiger partial charge in [-0.15, -0.1) is 0 Å². The molecule has 1 fully saturated rings. The zero-order chi connectivity index (χ0) is 12.3. The van der Waals surface area contributed by atoms with Crippen LogP contribution in [0.1, 0.15) is 36.5 Å². The summed E-state index contributed by atoms with van der Waals surface area (Å²) in [5, 5.41) is 3.49. The van der Waals surface area contributed by atoms with E-state index in [1.54, 1.807) is 0 Å². The van der Waals surface area contributed by atoms with E-state index in [0.29, 0.717) is 0 Å². The van der Waals surface area contributed by atoms with Crippen molar-refractivity contribution >= 4 is 0 Å². The predicted molar refractivity (Wildman–Crippen MR) is 74.4 cm³/mol. The van der Waals surface area contributed by atoms with Gasteiger partial charge in [-0.2, -0.15) is 0 Å². The second kappa shape index (κ2) is 5.68. The molecule has 94 valence electrons. The van der Waals surface area contributed by atoms with E-state index >= 15 is 0 Å². The number of nitrogens with one attached hydrogen (secondary N) is 1. The van der Waals surface area contributed by atoms with Gasteiger partial charge in [0.2, 0.25) is 0 Å². The van der Waals surface area contributed by atoms with Gasteiger partial charge in [-0.3, -0.25) is 0 Å². The summed E-state index contributed by atoms with van der Waals surface area (Å²) in [4.78, 5) is 0. The lowest BCUT2D eigenvalue weighted by Crippen LogP contribution is -2.36. The highest BCUT2D eigenvalue weighted by Crippen LogP contribution is 2.36. The molecule has 1 aromatic carbocycles.